The fourth-order valence-electron chi connectivity index (χ4n) is 7.11. The smallest absolute Gasteiger partial charge is 0.457 e. The van der Waals surface area contributed by atoms with Crippen LogP contribution >= 0.6 is 7.82 Å². The number of hydrogen-bond acceptors (Lipinski definition) is 7. The Hall–Kier alpha value is -0.760. The van der Waals surface area contributed by atoms with Gasteiger partial charge in [0, 0.05) is 19.6 Å². The Labute approximate surface area is 347 Å². The van der Waals surface area contributed by atoms with Gasteiger partial charge >= 0.3 is 13.8 Å². The van der Waals surface area contributed by atoms with Crippen LogP contribution in [0.25, 0.3) is 0 Å². The molecule has 0 saturated carbocycles. The van der Waals surface area contributed by atoms with E-state index >= 15 is 0 Å². The quantitative estimate of drug-likeness (QED) is 0.0270. The van der Waals surface area contributed by atoms with Crippen LogP contribution in [0.4, 0.5) is 0 Å². The number of ether oxygens (including phenoxy) is 2. The average Bonchev–Trinajstić information content (AvgIpc) is 3.19. The maximum atomic E-state index is 12.6. The Kier molecular flexibility index (Phi) is 44.7. The molecule has 0 aliphatic carbocycles. The SMILES string of the molecule is CCCCCCCCCC/C=C\CCCCCCCCCCCC(=O)OC(COCCCCCCCCCCCCCCCCCC)COP(=O)(O)OCCN. The molecule has 0 aromatic heterocycles. The lowest BCUT2D eigenvalue weighted by Gasteiger charge is -2.20. The van der Waals surface area contributed by atoms with Crippen LogP contribution in [-0.4, -0.2) is 49.9 Å². The molecule has 8 nitrogen and oxygen atoms in total. The van der Waals surface area contributed by atoms with E-state index in [1.807, 2.05) is 0 Å². The molecule has 2 unspecified atom stereocenters. The van der Waals surface area contributed by atoms with Gasteiger partial charge in [-0.1, -0.05) is 212 Å². The second kappa shape index (κ2) is 45.3. The number of unbranched alkanes of at least 4 members (excludes halogenated alkanes) is 32. The van der Waals surface area contributed by atoms with Gasteiger partial charge in [-0.2, -0.15) is 0 Å². The Morgan fingerprint density at radius 3 is 1.30 bits per heavy atom. The van der Waals surface area contributed by atoms with E-state index in [9.17, 15) is 14.3 Å². The molecular formula is C47H94NO7P. The number of allylic oxidation sites excluding steroid dienone is 2. The van der Waals surface area contributed by atoms with Crippen molar-refractivity contribution in [2.75, 3.05) is 33.0 Å². The van der Waals surface area contributed by atoms with Crippen LogP contribution in [0.5, 0.6) is 0 Å². The number of phosphoric acid groups is 1. The highest BCUT2D eigenvalue weighted by Crippen LogP contribution is 2.43. The van der Waals surface area contributed by atoms with Crippen molar-refractivity contribution in [1.29, 1.82) is 0 Å². The largest absolute Gasteiger partial charge is 0.472 e. The molecule has 0 aliphatic heterocycles. The van der Waals surface area contributed by atoms with E-state index in [0.717, 1.165) is 32.1 Å². The lowest BCUT2D eigenvalue weighted by atomic mass is 10.0. The van der Waals surface area contributed by atoms with Crippen LogP contribution in [-0.2, 0) is 27.9 Å². The van der Waals surface area contributed by atoms with Gasteiger partial charge in [0.25, 0.3) is 0 Å². The van der Waals surface area contributed by atoms with Crippen LogP contribution in [0.15, 0.2) is 12.2 Å². The van der Waals surface area contributed by atoms with Crippen molar-refractivity contribution in [3.63, 3.8) is 0 Å². The molecule has 0 amide bonds. The molecule has 0 fully saturated rings. The molecule has 0 rings (SSSR count). The van der Waals surface area contributed by atoms with Crippen molar-refractivity contribution < 1.29 is 32.8 Å². The molecule has 0 radical (unpaired) electrons. The van der Waals surface area contributed by atoms with Crippen LogP contribution in [0, 0.1) is 0 Å². The fraction of sp³-hybridized carbons (Fsp3) is 0.936. The summed E-state index contributed by atoms with van der Waals surface area (Å²) in [4.78, 5) is 22.5. The lowest BCUT2D eigenvalue weighted by Crippen LogP contribution is -2.28. The van der Waals surface area contributed by atoms with E-state index in [0.29, 0.717) is 13.0 Å². The van der Waals surface area contributed by atoms with Gasteiger partial charge in [-0.3, -0.25) is 13.8 Å². The van der Waals surface area contributed by atoms with Crippen molar-refractivity contribution in [2.45, 2.75) is 251 Å². The van der Waals surface area contributed by atoms with Crippen molar-refractivity contribution in [1.82, 2.24) is 0 Å². The maximum Gasteiger partial charge on any atom is 0.472 e. The minimum Gasteiger partial charge on any atom is -0.457 e. The standard InChI is InChI=1S/C47H94NO7P/c1-3-5-7-9-11-13-15-17-19-21-22-23-24-25-26-28-30-32-34-36-38-40-47(49)55-46(45-54-56(50,51)53-43-41-48)44-52-42-39-37-35-33-31-29-27-20-18-16-14-12-10-8-6-4-2/h21-22,46H,3-20,23-45,48H2,1-2H3,(H,50,51)/b22-21-. The van der Waals surface area contributed by atoms with E-state index in [1.165, 1.54) is 193 Å². The van der Waals surface area contributed by atoms with Gasteiger partial charge < -0.3 is 20.1 Å². The molecule has 0 heterocycles. The molecule has 0 bridgehead atoms. The zero-order valence-electron chi connectivity index (χ0n) is 37.1. The Morgan fingerprint density at radius 1 is 0.518 bits per heavy atom. The molecule has 0 spiro atoms. The zero-order chi connectivity index (χ0) is 40.9. The fourth-order valence-corrected chi connectivity index (χ4v) is 7.88. The van der Waals surface area contributed by atoms with E-state index in [2.05, 4.69) is 26.0 Å². The Bertz CT molecular complexity index is 873. The van der Waals surface area contributed by atoms with Gasteiger partial charge in [0.2, 0.25) is 0 Å². The summed E-state index contributed by atoms with van der Waals surface area (Å²) in [5, 5.41) is 0. The summed E-state index contributed by atoms with van der Waals surface area (Å²) >= 11 is 0. The summed E-state index contributed by atoms with van der Waals surface area (Å²) in [6.07, 6.45) is 49.5. The molecule has 0 saturated heterocycles. The highest BCUT2D eigenvalue weighted by molar-refractivity contribution is 7.47. The number of hydrogen-bond donors (Lipinski definition) is 2. The van der Waals surface area contributed by atoms with Gasteiger partial charge in [-0.05, 0) is 38.5 Å². The predicted molar refractivity (Wildman–Crippen MR) is 238 cm³/mol. The van der Waals surface area contributed by atoms with Crippen molar-refractivity contribution in [2.24, 2.45) is 5.73 Å². The Morgan fingerprint density at radius 2 is 0.893 bits per heavy atom. The first-order valence-corrected chi connectivity index (χ1v) is 25.7. The minimum absolute atomic E-state index is 0.0922. The second-order valence-corrected chi connectivity index (χ2v) is 17.8. The van der Waals surface area contributed by atoms with Gasteiger partial charge in [0.05, 0.1) is 19.8 Å². The number of rotatable bonds is 47. The first-order valence-electron chi connectivity index (χ1n) is 24.2. The second-order valence-electron chi connectivity index (χ2n) is 16.3. The van der Waals surface area contributed by atoms with E-state index in [-0.39, 0.29) is 32.3 Å². The summed E-state index contributed by atoms with van der Waals surface area (Å²) in [7, 11) is -4.27. The molecule has 334 valence electrons. The van der Waals surface area contributed by atoms with E-state index in [4.69, 9.17) is 24.3 Å². The summed E-state index contributed by atoms with van der Waals surface area (Å²) in [6.45, 7) is 4.98. The summed E-state index contributed by atoms with van der Waals surface area (Å²) in [6, 6.07) is 0. The third-order valence-corrected chi connectivity index (χ3v) is 11.7. The monoisotopic (exact) mass is 816 g/mol. The Balaban J connectivity index is 3.93. The molecule has 0 aliphatic rings. The van der Waals surface area contributed by atoms with Crippen LogP contribution in [0.1, 0.15) is 245 Å². The first-order chi connectivity index (χ1) is 27.4. The van der Waals surface area contributed by atoms with Crippen molar-refractivity contribution >= 4 is 13.8 Å². The van der Waals surface area contributed by atoms with Gasteiger partial charge in [0.1, 0.15) is 6.10 Å². The highest BCUT2D eigenvalue weighted by atomic mass is 31.2. The normalized spacial score (nSPS) is 13.4. The highest BCUT2D eigenvalue weighted by Gasteiger charge is 2.25. The van der Waals surface area contributed by atoms with Gasteiger partial charge in [-0.15, -0.1) is 0 Å². The van der Waals surface area contributed by atoms with Crippen LogP contribution in [0.3, 0.4) is 0 Å². The van der Waals surface area contributed by atoms with E-state index in [1.54, 1.807) is 0 Å². The average molecular weight is 816 g/mol. The van der Waals surface area contributed by atoms with Gasteiger partial charge in [0.15, 0.2) is 0 Å². The van der Waals surface area contributed by atoms with Crippen LogP contribution < -0.4 is 5.73 Å². The number of carbonyl (C=O) groups is 1. The van der Waals surface area contributed by atoms with E-state index < -0.39 is 13.9 Å². The lowest BCUT2D eigenvalue weighted by molar-refractivity contribution is -0.154. The predicted octanol–water partition coefficient (Wildman–Crippen LogP) is 14.6. The zero-order valence-corrected chi connectivity index (χ0v) is 38.0. The molecule has 56 heavy (non-hydrogen) atoms. The topological polar surface area (TPSA) is 117 Å². The third-order valence-electron chi connectivity index (χ3n) is 10.7. The number of esters is 1. The molecule has 0 aromatic carbocycles. The third kappa shape index (κ3) is 44.3. The number of phosphoric ester groups is 1. The molecule has 9 heteroatoms. The molecule has 0 aromatic rings. The molecule has 2 atom stereocenters. The summed E-state index contributed by atoms with van der Waals surface area (Å²) in [5.41, 5.74) is 5.38. The summed E-state index contributed by atoms with van der Waals surface area (Å²) < 4.78 is 33.5. The van der Waals surface area contributed by atoms with Crippen LogP contribution in [0.2, 0.25) is 0 Å². The molecular weight excluding hydrogens is 721 g/mol. The first kappa shape index (κ1) is 55.2. The van der Waals surface area contributed by atoms with Gasteiger partial charge in [-0.25, -0.2) is 4.57 Å². The minimum atomic E-state index is -4.27. The summed E-state index contributed by atoms with van der Waals surface area (Å²) in [5.74, 6) is -0.327. The van der Waals surface area contributed by atoms with Crippen molar-refractivity contribution in [3.8, 4) is 0 Å². The van der Waals surface area contributed by atoms with Crippen molar-refractivity contribution in [3.05, 3.63) is 12.2 Å². The molecule has 3 N–H and O–H groups in total. The number of nitrogens with two attached hydrogens (primary N) is 1. The number of carbonyl (C=O) groups excluding carboxylic acids is 1. The maximum absolute atomic E-state index is 12.6.